The first-order chi connectivity index (χ1) is 10.1. The van der Waals surface area contributed by atoms with Crippen molar-refractivity contribution in [2.24, 2.45) is 7.05 Å². The van der Waals surface area contributed by atoms with E-state index in [1.807, 2.05) is 17.9 Å². The highest BCUT2D eigenvalue weighted by Gasteiger charge is 2.11. The molecule has 114 valence electrons. The van der Waals surface area contributed by atoms with Crippen LogP contribution in [0.25, 0.3) is 0 Å². The van der Waals surface area contributed by atoms with Gasteiger partial charge in [-0.05, 0) is 36.3 Å². The van der Waals surface area contributed by atoms with Gasteiger partial charge in [-0.2, -0.15) is 5.10 Å². The molecule has 0 amide bonds. The number of hydrogen-bond acceptors (Lipinski definition) is 2. The minimum atomic E-state index is 0.537. The Balaban J connectivity index is 1.89. The predicted molar refractivity (Wildman–Crippen MR) is 88.5 cm³/mol. The number of hydrogen-bond donors (Lipinski definition) is 1. The number of aryl methyl sites for hydroxylation is 2. The smallest absolute Gasteiger partial charge is 0.0521 e. The highest BCUT2D eigenvalue weighted by atomic mass is 15.2. The zero-order valence-corrected chi connectivity index (χ0v) is 13.4. The molecule has 1 aromatic carbocycles. The molecule has 1 atom stereocenters. The Morgan fingerprint density at radius 2 is 1.95 bits per heavy atom. The summed E-state index contributed by atoms with van der Waals surface area (Å²) in [5.74, 6) is 0.588. The Bertz CT molecular complexity index is 516. The van der Waals surface area contributed by atoms with Gasteiger partial charge >= 0.3 is 0 Å². The van der Waals surface area contributed by atoms with E-state index in [4.69, 9.17) is 0 Å². The summed E-state index contributed by atoms with van der Waals surface area (Å²) in [5, 5.41) is 7.82. The normalized spacial score (nSPS) is 12.8. The van der Waals surface area contributed by atoms with Crippen LogP contribution in [0.5, 0.6) is 0 Å². The molecule has 0 bridgehead atoms. The van der Waals surface area contributed by atoms with Gasteiger partial charge in [0.15, 0.2) is 0 Å². The van der Waals surface area contributed by atoms with E-state index < -0.39 is 0 Å². The van der Waals surface area contributed by atoms with E-state index in [0.29, 0.717) is 12.0 Å². The molecular weight excluding hydrogens is 258 g/mol. The van der Waals surface area contributed by atoms with Crippen LogP contribution in [0.4, 0.5) is 0 Å². The lowest BCUT2D eigenvalue weighted by Gasteiger charge is -2.19. The molecule has 1 heterocycles. The van der Waals surface area contributed by atoms with E-state index in [1.54, 1.807) is 0 Å². The number of nitrogens with one attached hydrogen (secondary N) is 1. The zero-order valence-electron chi connectivity index (χ0n) is 13.4. The van der Waals surface area contributed by atoms with Gasteiger partial charge in [0.05, 0.1) is 6.20 Å². The molecule has 2 aromatic rings. The molecule has 1 aromatic heterocycles. The molecule has 1 N–H and O–H groups in total. The Labute approximate surface area is 128 Å². The molecule has 0 saturated heterocycles. The van der Waals surface area contributed by atoms with Crippen molar-refractivity contribution in [2.45, 2.75) is 45.1 Å². The van der Waals surface area contributed by atoms with Crippen LogP contribution in [0.3, 0.4) is 0 Å². The first-order valence-corrected chi connectivity index (χ1v) is 7.91. The number of aromatic nitrogens is 2. The van der Waals surface area contributed by atoms with Crippen LogP contribution in [-0.4, -0.2) is 22.4 Å². The molecule has 3 nitrogen and oxygen atoms in total. The summed E-state index contributed by atoms with van der Waals surface area (Å²) in [6, 6.07) is 11.4. The summed E-state index contributed by atoms with van der Waals surface area (Å²) in [7, 11) is 1.98. The molecule has 2 rings (SSSR count). The first kappa shape index (κ1) is 15.8. The van der Waals surface area contributed by atoms with E-state index >= 15 is 0 Å². The maximum Gasteiger partial charge on any atom is 0.0521 e. The molecule has 21 heavy (non-hydrogen) atoms. The molecule has 0 aliphatic rings. The second-order valence-electron chi connectivity index (χ2n) is 6.09. The molecule has 1 unspecified atom stereocenters. The van der Waals surface area contributed by atoms with Gasteiger partial charge in [0.25, 0.3) is 0 Å². The zero-order chi connectivity index (χ0) is 15.1. The lowest BCUT2D eigenvalue weighted by molar-refractivity contribution is 0.497. The molecule has 0 aliphatic carbocycles. The van der Waals surface area contributed by atoms with Gasteiger partial charge in [0.1, 0.15) is 0 Å². The molecule has 0 radical (unpaired) electrons. The summed E-state index contributed by atoms with van der Waals surface area (Å²) < 4.78 is 1.88. The van der Waals surface area contributed by atoms with Crippen molar-refractivity contribution in [3.63, 3.8) is 0 Å². The van der Waals surface area contributed by atoms with Crippen LogP contribution in [-0.2, 0) is 13.5 Å². The SMILES string of the molecule is CC(C)NCC(CCCc1cnn(C)c1)c1ccccc1. The Morgan fingerprint density at radius 1 is 1.19 bits per heavy atom. The lowest BCUT2D eigenvalue weighted by atomic mass is 9.92. The van der Waals surface area contributed by atoms with Crippen molar-refractivity contribution < 1.29 is 0 Å². The summed E-state index contributed by atoms with van der Waals surface area (Å²) in [6.45, 7) is 5.46. The van der Waals surface area contributed by atoms with Crippen molar-refractivity contribution in [1.82, 2.24) is 15.1 Å². The standard InChI is InChI=1S/C18H27N3/c1-15(2)19-13-18(17-9-5-4-6-10-17)11-7-8-16-12-20-21(3)14-16/h4-6,9-10,12,14-15,18-19H,7-8,11,13H2,1-3H3. The van der Waals surface area contributed by atoms with Crippen molar-refractivity contribution in [2.75, 3.05) is 6.54 Å². The van der Waals surface area contributed by atoms with Crippen molar-refractivity contribution in [3.8, 4) is 0 Å². The third-order valence-corrected chi connectivity index (χ3v) is 3.82. The fourth-order valence-electron chi connectivity index (χ4n) is 2.64. The Kier molecular flexibility index (Phi) is 6.00. The molecular formula is C18H27N3. The van der Waals surface area contributed by atoms with Crippen LogP contribution < -0.4 is 5.32 Å². The quantitative estimate of drug-likeness (QED) is 0.804. The molecule has 0 saturated carbocycles. The summed E-state index contributed by atoms with van der Waals surface area (Å²) in [4.78, 5) is 0. The van der Waals surface area contributed by atoms with Gasteiger partial charge in [0.2, 0.25) is 0 Å². The number of rotatable bonds is 8. The van der Waals surface area contributed by atoms with Crippen molar-refractivity contribution in [3.05, 3.63) is 53.9 Å². The minimum absolute atomic E-state index is 0.537. The maximum atomic E-state index is 4.24. The first-order valence-electron chi connectivity index (χ1n) is 7.91. The minimum Gasteiger partial charge on any atom is -0.314 e. The fraction of sp³-hybridized carbons (Fsp3) is 0.500. The molecule has 0 fully saturated rings. The highest BCUT2D eigenvalue weighted by Crippen LogP contribution is 2.21. The van der Waals surface area contributed by atoms with Gasteiger partial charge in [-0.1, -0.05) is 44.2 Å². The van der Waals surface area contributed by atoms with Gasteiger partial charge in [0, 0.05) is 25.8 Å². The van der Waals surface area contributed by atoms with Gasteiger partial charge < -0.3 is 5.32 Å². The Hall–Kier alpha value is -1.61. The second-order valence-corrected chi connectivity index (χ2v) is 6.09. The van der Waals surface area contributed by atoms with Crippen LogP contribution >= 0.6 is 0 Å². The van der Waals surface area contributed by atoms with Crippen molar-refractivity contribution in [1.29, 1.82) is 0 Å². The van der Waals surface area contributed by atoms with E-state index in [0.717, 1.165) is 13.0 Å². The Morgan fingerprint density at radius 3 is 2.57 bits per heavy atom. The fourth-order valence-corrected chi connectivity index (χ4v) is 2.64. The molecule has 0 spiro atoms. The van der Waals surface area contributed by atoms with Crippen LogP contribution in [0, 0.1) is 0 Å². The van der Waals surface area contributed by atoms with E-state index in [9.17, 15) is 0 Å². The monoisotopic (exact) mass is 285 g/mol. The highest BCUT2D eigenvalue weighted by molar-refractivity contribution is 5.20. The predicted octanol–water partition coefficient (Wildman–Crippen LogP) is 3.52. The maximum absolute atomic E-state index is 4.24. The second kappa shape index (κ2) is 7.99. The third kappa shape index (κ3) is 5.35. The van der Waals surface area contributed by atoms with E-state index in [-0.39, 0.29) is 0 Å². The molecule has 3 heteroatoms. The van der Waals surface area contributed by atoms with Gasteiger partial charge in [-0.3, -0.25) is 4.68 Å². The summed E-state index contributed by atoms with van der Waals surface area (Å²) in [6.07, 6.45) is 7.61. The lowest BCUT2D eigenvalue weighted by Crippen LogP contribution is -2.28. The largest absolute Gasteiger partial charge is 0.314 e. The molecule has 0 aliphatic heterocycles. The van der Waals surface area contributed by atoms with Gasteiger partial charge in [-0.25, -0.2) is 0 Å². The summed E-state index contributed by atoms with van der Waals surface area (Å²) >= 11 is 0. The average Bonchev–Trinajstić information content (AvgIpc) is 2.89. The number of benzene rings is 1. The number of nitrogens with zero attached hydrogens (tertiary/aromatic N) is 2. The van der Waals surface area contributed by atoms with E-state index in [2.05, 4.69) is 60.8 Å². The topological polar surface area (TPSA) is 29.9 Å². The van der Waals surface area contributed by atoms with Gasteiger partial charge in [-0.15, -0.1) is 0 Å². The van der Waals surface area contributed by atoms with Crippen molar-refractivity contribution >= 4 is 0 Å². The van der Waals surface area contributed by atoms with Crippen LogP contribution in [0.2, 0.25) is 0 Å². The third-order valence-electron chi connectivity index (χ3n) is 3.82. The van der Waals surface area contributed by atoms with Crippen LogP contribution in [0.1, 0.15) is 43.7 Å². The average molecular weight is 285 g/mol. The van der Waals surface area contributed by atoms with Crippen LogP contribution in [0.15, 0.2) is 42.7 Å². The summed E-state index contributed by atoms with van der Waals surface area (Å²) in [5.41, 5.74) is 2.78. The van der Waals surface area contributed by atoms with E-state index in [1.165, 1.54) is 24.0 Å².